The molecule has 0 aromatic carbocycles. The highest BCUT2D eigenvalue weighted by molar-refractivity contribution is 7.88. The van der Waals surface area contributed by atoms with Gasteiger partial charge in [-0.2, -0.15) is 0 Å². The zero-order chi connectivity index (χ0) is 15.8. The quantitative estimate of drug-likeness (QED) is 0.696. The number of unbranched alkanes of at least 4 members (excludes halogenated alkanes) is 2. The number of hydrogen-bond donors (Lipinski definition) is 1. The highest BCUT2D eigenvalue weighted by atomic mass is 32.2. The molecule has 0 aliphatic rings. The van der Waals surface area contributed by atoms with E-state index < -0.39 is 21.7 Å². The van der Waals surface area contributed by atoms with Crippen LogP contribution in [0.3, 0.4) is 0 Å². The van der Waals surface area contributed by atoms with Gasteiger partial charge in [0.25, 0.3) is 0 Å². The van der Waals surface area contributed by atoms with E-state index in [1.54, 1.807) is 20.8 Å². The molecule has 120 valence electrons. The van der Waals surface area contributed by atoms with E-state index in [9.17, 15) is 13.2 Å². The number of carbonyl (C=O) groups is 1. The SMILES string of the molecule is CCCCCN(CCNC(=O)OC(C)(C)C)S(C)(=O)=O. The molecule has 0 aliphatic carbocycles. The smallest absolute Gasteiger partial charge is 0.407 e. The molecule has 20 heavy (non-hydrogen) atoms. The van der Waals surface area contributed by atoms with Crippen LogP contribution >= 0.6 is 0 Å². The Morgan fingerprint density at radius 2 is 1.80 bits per heavy atom. The molecule has 0 radical (unpaired) electrons. The predicted molar refractivity (Wildman–Crippen MR) is 80.2 cm³/mol. The van der Waals surface area contributed by atoms with Crippen molar-refractivity contribution in [1.29, 1.82) is 0 Å². The van der Waals surface area contributed by atoms with E-state index in [2.05, 4.69) is 12.2 Å². The molecular formula is C13H28N2O4S. The van der Waals surface area contributed by atoms with Crippen molar-refractivity contribution in [2.24, 2.45) is 0 Å². The summed E-state index contributed by atoms with van der Waals surface area (Å²) in [5.41, 5.74) is -0.554. The van der Waals surface area contributed by atoms with Crippen molar-refractivity contribution in [3.05, 3.63) is 0 Å². The molecule has 0 aromatic rings. The lowest BCUT2D eigenvalue weighted by Gasteiger charge is -2.22. The molecule has 0 atom stereocenters. The van der Waals surface area contributed by atoms with Gasteiger partial charge < -0.3 is 10.1 Å². The van der Waals surface area contributed by atoms with Gasteiger partial charge in [-0.1, -0.05) is 19.8 Å². The van der Waals surface area contributed by atoms with Crippen LogP contribution in [0.1, 0.15) is 47.0 Å². The van der Waals surface area contributed by atoms with Crippen molar-refractivity contribution >= 4 is 16.1 Å². The van der Waals surface area contributed by atoms with Gasteiger partial charge in [0.2, 0.25) is 10.0 Å². The molecule has 0 rings (SSSR count). The van der Waals surface area contributed by atoms with E-state index in [0.717, 1.165) is 19.3 Å². The first kappa shape index (κ1) is 19.2. The van der Waals surface area contributed by atoms with Crippen LogP contribution in [-0.2, 0) is 14.8 Å². The maximum atomic E-state index is 11.6. The second kappa shape index (κ2) is 8.46. The minimum atomic E-state index is -3.24. The average molecular weight is 308 g/mol. The van der Waals surface area contributed by atoms with Gasteiger partial charge in [-0.3, -0.25) is 0 Å². The van der Waals surface area contributed by atoms with E-state index in [0.29, 0.717) is 6.54 Å². The third-order valence-corrected chi connectivity index (χ3v) is 3.81. The number of nitrogens with one attached hydrogen (secondary N) is 1. The van der Waals surface area contributed by atoms with Gasteiger partial charge in [0.1, 0.15) is 5.60 Å². The normalized spacial score (nSPS) is 12.5. The number of carbonyl (C=O) groups excluding carboxylic acids is 1. The first-order valence-corrected chi connectivity index (χ1v) is 8.83. The van der Waals surface area contributed by atoms with Gasteiger partial charge in [0.15, 0.2) is 0 Å². The minimum absolute atomic E-state index is 0.244. The average Bonchev–Trinajstić information content (AvgIpc) is 2.23. The number of amides is 1. The molecule has 0 unspecified atom stereocenters. The maximum absolute atomic E-state index is 11.6. The van der Waals surface area contributed by atoms with Gasteiger partial charge in [-0.15, -0.1) is 0 Å². The second-order valence-electron chi connectivity index (χ2n) is 5.80. The minimum Gasteiger partial charge on any atom is -0.444 e. The molecule has 0 fully saturated rings. The summed E-state index contributed by atoms with van der Waals surface area (Å²) < 4.78 is 29.7. The maximum Gasteiger partial charge on any atom is 0.407 e. The number of ether oxygens (including phenoxy) is 1. The third-order valence-electron chi connectivity index (χ3n) is 2.51. The van der Waals surface area contributed by atoms with Crippen LogP contribution in [0.4, 0.5) is 4.79 Å². The van der Waals surface area contributed by atoms with Crippen molar-refractivity contribution in [2.75, 3.05) is 25.9 Å². The number of nitrogens with zero attached hydrogens (tertiary/aromatic N) is 1. The van der Waals surface area contributed by atoms with E-state index in [-0.39, 0.29) is 13.1 Å². The van der Waals surface area contributed by atoms with Crippen molar-refractivity contribution in [2.45, 2.75) is 52.6 Å². The summed E-state index contributed by atoms with van der Waals surface area (Å²) in [5, 5.41) is 2.56. The molecule has 7 heteroatoms. The molecule has 0 bridgehead atoms. The molecule has 0 heterocycles. The summed E-state index contributed by atoms with van der Waals surface area (Å²) in [6.07, 6.45) is 3.52. The number of hydrogen-bond acceptors (Lipinski definition) is 4. The molecule has 0 saturated carbocycles. The third kappa shape index (κ3) is 10.0. The largest absolute Gasteiger partial charge is 0.444 e. The molecule has 6 nitrogen and oxygen atoms in total. The van der Waals surface area contributed by atoms with Crippen LogP contribution < -0.4 is 5.32 Å². The zero-order valence-electron chi connectivity index (χ0n) is 13.2. The molecule has 0 spiro atoms. The topological polar surface area (TPSA) is 75.7 Å². The standard InChI is InChI=1S/C13H28N2O4S/c1-6-7-8-10-15(20(5,17)18)11-9-14-12(16)19-13(2,3)4/h6-11H2,1-5H3,(H,14,16). The fourth-order valence-electron chi connectivity index (χ4n) is 1.58. The Morgan fingerprint density at radius 3 is 2.25 bits per heavy atom. The molecule has 0 aromatic heterocycles. The molecular weight excluding hydrogens is 280 g/mol. The summed E-state index contributed by atoms with van der Waals surface area (Å²) in [6.45, 7) is 8.40. The summed E-state index contributed by atoms with van der Waals surface area (Å²) in [6, 6.07) is 0. The van der Waals surface area contributed by atoms with E-state index in [1.165, 1.54) is 10.6 Å². The fourth-order valence-corrected chi connectivity index (χ4v) is 2.46. The van der Waals surface area contributed by atoms with E-state index >= 15 is 0 Å². The van der Waals surface area contributed by atoms with Crippen molar-refractivity contribution in [3.8, 4) is 0 Å². The summed E-state index contributed by atoms with van der Waals surface area (Å²) in [4.78, 5) is 11.4. The Kier molecular flexibility index (Phi) is 8.12. The Hall–Kier alpha value is -0.820. The van der Waals surface area contributed by atoms with Gasteiger partial charge in [0.05, 0.1) is 6.26 Å². The Bertz CT molecular complexity index is 388. The van der Waals surface area contributed by atoms with Gasteiger partial charge in [-0.25, -0.2) is 17.5 Å². The highest BCUT2D eigenvalue weighted by Crippen LogP contribution is 2.06. The first-order chi connectivity index (χ1) is 9.06. The molecule has 0 saturated heterocycles. The van der Waals surface area contributed by atoms with E-state index in [1.807, 2.05) is 0 Å². The van der Waals surface area contributed by atoms with Crippen LogP contribution in [0.2, 0.25) is 0 Å². The van der Waals surface area contributed by atoms with Crippen molar-refractivity contribution < 1.29 is 17.9 Å². The summed E-state index contributed by atoms with van der Waals surface area (Å²) in [7, 11) is -3.24. The lowest BCUT2D eigenvalue weighted by atomic mass is 10.2. The lowest BCUT2D eigenvalue weighted by Crippen LogP contribution is -2.40. The summed E-state index contributed by atoms with van der Waals surface area (Å²) >= 11 is 0. The first-order valence-electron chi connectivity index (χ1n) is 6.98. The highest BCUT2D eigenvalue weighted by Gasteiger charge is 2.18. The molecule has 0 aliphatic heterocycles. The molecule has 1 N–H and O–H groups in total. The molecule has 1 amide bonds. The Labute approximate surface area is 122 Å². The predicted octanol–water partition coefficient (Wildman–Crippen LogP) is 1.96. The zero-order valence-corrected chi connectivity index (χ0v) is 14.0. The van der Waals surface area contributed by atoms with Crippen molar-refractivity contribution in [3.63, 3.8) is 0 Å². The summed E-state index contributed by atoms with van der Waals surface area (Å²) in [5.74, 6) is 0. The number of alkyl carbamates (subject to hydrolysis) is 1. The van der Waals surface area contributed by atoms with Crippen molar-refractivity contribution in [1.82, 2.24) is 9.62 Å². The van der Waals surface area contributed by atoms with Crippen LogP contribution in [-0.4, -0.2) is 50.3 Å². The monoisotopic (exact) mass is 308 g/mol. The van der Waals surface area contributed by atoms with Gasteiger partial charge in [0, 0.05) is 19.6 Å². The van der Waals surface area contributed by atoms with Crippen LogP contribution in [0.5, 0.6) is 0 Å². The van der Waals surface area contributed by atoms with Gasteiger partial charge in [-0.05, 0) is 27.2 Å². The fraction of sp³-hybridized carbons (Fsp3) is 0.923. The van der Waals surface area contributed by atoms with Crippen LogP contribution in [0.25, 0.3) is 0 Å². The van der Waals surface area contributed by atoms with Crippen LogP contribution in [0, 0.1) is 0 Å². The Morgan fingerprint density at radius 1 is 1.20 bits per heavy atom. The van der Waals surface area contributed by atoms with Crippen LogP contribution in [0.15, 0.2) is 0 Å². The number of rotatable bonds is 8. The second-order valence-corrected chi connectivity index (χ2v) is 7.78. The van der Waals surface area contributed by atoms with Gasteiger partial charge >= 0.3 is 6.09 Å². The lowest BCUT2D eigenvalue weighted by molar-refractivity contribution is 0.0525. The number of sulfonamides is 1. The van der Waals surface area contributed by atoms with E-state index in [4.69, 9.17) is 4.74 Å². The Balaban J connectivity index is 4.18.